The van der Waals surface area contributed by atoms with E-state index in [0.717, 1.165) is 11.1 Å². The van der Waals surface area contributed by atoms with Crippen molar-refractivity contribution in [1.29, 1.82) is 0 Å². The van der Waals surface area contributed by atoms with Crippen LogP contribution in [0.2, 0.25) is 15.1 Å². The average molecular weight is 572 g/mol. The van der Waals surface area contributed by atoms with E-state index in [1.54, 1.807) is 48.2 Å². The van der Waals surface area contributed by atoms with E-state index in [2.05, 4.69) is 15.4 Å². The molecule has 1 aliphatic heterocycles. The molecule has 0 spiro atoms. The topological polar surface area (TPSA) is 87.5 Å². The Morgan fingerprint density at radius 3 is 2.47 bits per heavy atom. The van der Waals surface area contributed by atoms with E-state index < -0.39 is 12.0 Å². The smallest absolute Gasteiger partial charge is 0.338 e. The van der Waals surface area contributed by atoms with E-state index in [1.165, 1.54) is 13.4 Å². The number of halogens is 3. The minimum absolute atomic E-state index is 0.251. The van der Waals surface area contributed by atoms with Crippen LogP contribution in [-0.4, -0.2) is 35.0 Å². The highest BCUT2D eigenvalue weighted by Crippen LogP contribution is 2.41. The summed E-state index contributed by atoms with van der Waals surface area (Å²) in [6.45, 7) is 0.251. The molecule has 3 aromatic carbocycles. The third-order valence-corrected chi connectivity index (χ3v) is 7.01. The van der Waals surface area contributed by atoms with Gasteiger partial charge in [0.05, 0.1) is 35.5 Å². The summed E-state index contributed by atoms with van der Waals surface area (Å²) in [7, 11) is 2.88. The Labute approximate surface area is 233 Å². The zero-order valence-corrected chi connectivity index (χ0v) is 22.5. The minimum atomic E-state index is -0.662. The zero-order chi connectivity index (χ0) is 26.8. The number of ether oxygens (including phenoxy) is 3. The maximum atomic E-state index is 13.2. The molecule has 38 heavy (non-hydrogen) atoms. The summed E-state index contributed by atoms with van der Waals surface area (Å²) in [6, 6.07) is 17.2. The molecule has 0 fully saturated rings. The van der Waals surface area contributed by atoms with Crippen LogP contribution in [0.4, 0.5) is 5.95 Å². The van der Waals surface area contributed by atoms with Crippen LogP contribution in [-0.2, 0) is 16.1 Å². The standard InChI is InChI=1S/C27H21Cl3N4O4/c1-36-22-12-17(6-10-21(22)38-13-15-3-9-19(29)20(30)11-15)25-23(26(35)37-2)24(16-4-7-18(28)8-5-16)33-27-31-14-32-34(25)27/h3-12,14,25H,13H2,1-2H3,(H,31,32,33)/t25-/m1/s1. The number of hydrogen-bond donors (Lipinski definition) is 1. The van der Waals surface area contributed by atoms with E-state index in [-0.39, 0.29) is 6.61 Å². The Bertz CT molecular complexity index is 1540. The lowest BCUT2D eigenvalue weighted by molar-refractivity contribution is -0.136. The molecule has 0 unspecified atom stereocenters. The van der Waals surface area contributed by atoms with Crippen LogP contribution in [0, 0.1) is 0 Å². The number of aromatic nitrogens is 3. The largest absolute Gasteiger partial charge is 0.493 e. The number of nitrogens with zero attached hydrogens (tertiary/aromatic N) is 3. The van der Waals surface area contributed by atoms with Crippen LogP contribution in [0.5, 0.6) is 11.5 Å². The lowest BCUT2D eigenvalue weighted by atomic mass is 9.92. The molecule has 5 rings (SSSR count). The van der Waals surface area contributed by atoms with Gasteiger partial charge in [0.1, 0.15) is 19.0 Å². The van der Waals surface area contributed by atoms with Gasteiger partial charge in [-0.3, -0.25) is 0 Å². The highest BCUT2D eigenvalue weighted by Gasteiger charge is 2.36. The quantitative estimate of drug-likeness (QED) is 0.256. The number of esters is 1. The molecule has 1 N–H and O–H groups in total. The minimum Gasteiger partial charge on any atom is -0.493 e. The van der Waals surface area contributed by atoms with Crippen molar-refractivity contribution >= 4 is 52.4 Å². The molecule has 0 saturated carbocycles. The fourth-order valence-electron chi connectivity index (χ4n) is 4.21. The number of carbonyl (C=O) groups excluding carboxylic acids is 1. The monoisotopic (exact) mass is 570 g/mol. The molecule has 11 heteroatoms. The molecule has 0 bridgehead atoms. The summed E-state index contributed by atoms with van der Waals surface area (Å²) in [5.41, 5.74) is 3.18. The molecule has 0 saturated heterocycles. The van der Waals surface area contributed by atoms with Crippen molar-refractivity contribution in [2.75, 3.05) is 19.5 Å². The Morgan fingerprint density at radius 2 is 1.76 bits per heavy atom. The van der Waals surface area contributed by atoms with Gasteiger partial charge in [-0.1, -0.05) is 59.1 Å². The summed E-state index contributed by atoms with van der Waals surface area (Å²) in [5.74, 6) is 0.927. The lowest BCUT2D eigenvalue weighted by Gasteiger charge is -2.29. The summed E-state index contributed by atoms with van der Waals surface area (Å²) >= 11 is 18.2. The molecular formula is C27H21Cl3N4O4. The summed E-state index contributed by atoms with van der Waals surface area (Å²) in [6.07, 6.45) is 1.42. The number of rotatable bonds is 7. The molecular weight excluding hydrogens is 551 g/mol. The maximum absolute atomic E-state index is 13.2. The summed E-state index contributed by atoms with van der Waals surface area (Å²) in [5, 5.41) is 9.08. The van der Waals surface area contributed by atoms with Crippen molar-refractivity contribution in [1.82, 2.24) is 14.8 Å². The number of hydrogen-bond acceptors (Lipinski definition) is 7. The number of benzene rings is 3. The summed E-state index contributed by atoms with van der Waals surface area (Å²) < 4.78 is 18.5. The van der Waals surface area contributed by atoms with Gasteiger partial charge >= 0.3 is 5.97 Å². The first kappa shape index (κ1) is 25.9. The third kappa shape index (κ3) is 5.03. The number of anilines is 1. The fraction of sp³-hybridized carbons (Fsp3) is 0.148. The van der Waals surface area contributed by atoms with Crippen LogP contribution in [0.3, 0.4) is 0 Å². The predicted molar refractivity (Wildman–Crippen MR) is 146 cm³/mol. The highest BCUT2D eigenvalue weighted by atomic mass is 35.5. The van der Waals surface area contributed by atoms with Crippen molar-refractivity contribution < 1.29 is 19.0 Å². The van der Waals surface area contributed by atoms with E-state index in [1.807, 2.05) is 24.3 Å². The van der Waals surface area contributed by atoms with E-state index in [4.69, 9.17) is 49.0 Å². The van der Waals surface area contributed by atoms with Crippen molar-refractivity contribution in [3.63, 3.8) is 0 Å². The zero-order valence-electron chi connectivity index (χ0n) is 20.2. The van der Waals surface area contributed by atoms with E-state index in [0.29, 0.717) is 49.3 Å². The van der Waals surface area contributed by atoms with Crippen LogP contribution >= 0.6 is 34.8 Å². The normalized spacial score (nSPS) is 14.5. The molecule has 0 aliphatic carbocycles. The Morgan fingerprint density at radius 1 is 0.974 bits per heavy atom. The van der Waals surface area contributed by atoms with Gasteiger partial charge in [-0.2, -0.15) is 10.1 Å². The Kier molecular flexibility index (Phi) is 7.46. The van der Waals surface area contributed by atoms with E-state index in [9.17, 15) is 4.79 Å². The van der Waals surface area contributed by atoms with Crippen LogP contribution in [0.1, 0.15) is 22.7 Å². The fourth-order valence-corrected chi connectivity index (χ4v) is 4.65. The van der Waals surface area contributed by atoms with Gasteiger partial charge in [-0.15, -0.1) is 0 Å². The van der Waals surface area contributed by atoms with Gasteiger partial charge in [0.25, 0.3) is 0 Å². The van der Waals surface area contributed by atoms with Crippen LogP contribution in [0.25, 0.3) is 5.70 Å². The lowest BCUT2D eigenvalue weighted by Crippen LogP contribution is -2.29. The molecule has 8 nitrogen and oxygen atoms in total. The van der Waals surface area contributed by atoms with E-state index >= 15 is 0 Å². The van der Waals surface area contributed by atoms with Crippen LogP contribution < -0.4 is 14.8 Å². The maximum Gasteiger partial charge on any atom is 0.338 e. The van der Waals surface area contributed by atoms with Crippen molar-refractivity contribution in [3.05, 3.63) is 104 Å². The first-order valence-corrected chi connectivity index (χ1v) is 12.5. The molecule has 0 radical (unpaired) electrons. The number of carbonyl (C=O) groups is 1. The average Bonchev–Trinajstić information content (AvgIpc) is 3.41. The van der Waals surface area contributed by atoms with Gasteiger partial charge in [0.2, 0.25) is 5.95 Å². The second-order valence-corrected chi connectivity index (χ2v) is 9.54. The van der Waals surface area contributed by atoms with Gasteiger partial charge in [0, 0.05) is 5.02 Å². The Balaban J connectivity index is 1.56. The van der Waals surface area contributed by atoms with Crippen molar-refractivity contribution in [2.24, 2.45) is 0 Å². The molecule has 1 aliphatic rings. The second kappa shape index (κ2) is 10.9. The molecule has 194 valence electrons. The highest BCUT2D eigenvalue weighted by molar-refractivity contribution is 6.42. The molecule has 1 aromatic heterocycles. The first-order valence-electron chi connectivity index (χ1n) is 11.4. The molecule has 1 atom stereocenters. The number of nitrogens with one attached hydrogen (secondary N) is 1. The van der Waals surface area contributed by atoms with Crippen molar-refractivity contribution in [2.45, 2.75) is 12.6 Å². The van der Waals surface area contributed by atoms with Gasteiger partial charge in [-0.05, 0) is 53.1 Å². The van der Waals surface area contributed by atoms with Gasteiger partial charge in [-0.25, -0.2) is 9.48 Å². The summed E-state index contributed by atoms with van der Waals surface area (Å²) in [4.78, 5) is 17.5. The van der Waals surface area contributed by atoms with Gasteiger partial charge in [0.15, 0.2) is 11.5 Å². The van der Waals surface area contributed by atoms with Crippen molar-refractivity contribution in [3.8, 4) is 11.5 Å². The molecule has 0 amide bonds. The van der Waals surface area contributed by atoms with Gasteiger partial charge < -0.3 is 19.5 Å². The first-order chi connectivity index (χ1) is 18.4. The number of fused-ring (bicyclic) bond motifs is 1. The third-order valence-electron chi connectivity index (χ3n) is 6.02. The number of methoxy groups -OCH3 is 2. The second-order valence-electron chi connectivity index (χ2n) is 8.29. The van der Waals surface area contributed by atoms with Crippen LogP contribution in [0.15, 0.2) is 72.6 Å². The SMILES string of the molecule is COC(=O)C1=C(c2ccc(Cl)cc2)Nc2ncnn2[C@@H]1c1ccc(OCc2ccc(Cl)c(Cl)c2)c(OC)c1. The molecule has 2 heterocycles. The molecule has 4 aromatic rings. The Hall–Kier alpha value is -3.72. The predicted octanol–water partition coefficient (Wildman–Crippen LogP) is 6.43.